The molecule has 18 heavy (non-hydrogen) atoms. The molecular weight excluding hydrogens is 239 g/mol. The van der Waals surface area contributed by atoms with Gasteiger partial charge in [-0.1, -0.05) is 0 Å². The molecule has 0 fully saturated rings. The second kappa shape index (κ2) is 5.13. The van der Waals surface area contributed by atoms with Crippen LogP contribution in [0.2, 0.25) is 0 Å². The highest BCUT2D eigenvalue weighted by Gasteiger charge is 2.10. The zero-order valence-electron chi connectivity index (χ0n) is 9.14. The van der Waals surface area contributed by atoms with Gasteiger partial charge in [0.05, 0.1) is 6.26 Å². The molecule has 0 radical (unpaired) electrons. The number of carbonyl (C=O) groups excluding carboxylic acids is 2. The number of nitrogens with one attached hydrogen (secondary N) is 2. The molecule has 0 atom stereocenters. The number of hydrogen-bond acceptors (Lipinski definition) is 3. The van der Waals surface area contributed by atoms with Gasteiger partial charge in [0.1, 0.15) is 5.82 Å². The van der Waals surface area contributed by atoms with E-state index in [-0.39, 0.29) is 11.3 Å². The average Bonchev–Trinajstić information content (AvgIpc) is 2.90. The van der Waals surface area contributed by atoms with Crippen LogP contribution < -0.4 is 10.9 Å². The van der Waals surface area contributed by atoms with E-state index < -0.39 is 17.6 Å². The molecule has 0 aliphatic carbocycles. The van der Waals surface area contributed by atoms with Gasteiger partial charge in [0.15, 0.2) is 5.76 Å². The predicted molar refractivity (Wildman–Crippen MR) is 60.0 cm³/mol. The van der Waals surface area contributed by atoms with E-state index in [1.807, 2.05) is 0 Å². The Labute approximate surface area is 102 Å². The van der Waals surface area contributed by atoms with E-state index in [4.69, 9.17) is 4.42 Å². The van der Waals surface area contributed by atoms with Crippen molar-refractivity contribution in [3.8, 4) is 0 Å². The number of carbonyl (C=O) groups is 2. The zero-order valence-corrected chi connectivity index (χ0v) is 9.14. The van der Waals surface area contributed by atoms with Crippen LogP contribution in [0.4, 0.5) is 4.39 Å². The SMILES string of the molecule is O=C(NNC(=O)c1ccco1)c1ccc(F)cc1. The first kappa shape index (κ1) is 11.8. The van der Waals surface area contributed by atoms with Gasteiger partial charge in [-0.25, -0.2) is 4.39 Å². The molecule has 0 saturated carbocycles. The van der Waals surface area contributed by atoms with Crippen LogP contribution in [0.25, 0.3) is 0 Å². The number of rotatable bonds is 2. The lowest BCUT2D eigenvalue weighted by Crippen LogP contribution is -2.41. The number of halogens is 1. The number of hydrogen-bond donors (Lipinski definition) is 2. The predicted octanol–water partition coefficient (Wildman–Crippen LogP) is 1.49. The molecule has 0 bridgehead atoms. The van der Waals surface area contributed by atoms with Crippen molar-refractivity contribution < 1.29 is 18.4 Å². The van der Waals surface area contributed by atoms with Gasteiger partial charge in [-0.15, -0.1) is 0 Å². The van der Waals surface area contributed by atoms with Gasteiger partial charge < -0.3 is 4.42 Å². The average molecular weight is 248 g/mol. The molecule has 2 rings (SSSR count). The molecule has 0 saturated heterocycles. The minimum atomic E-state index is -0.574. The molecule has 92 valence electrons. The smallest absolute Gasteiger partial charge is 0.305 e. The van der Waals surface area contributed by atoms with Gasteiger partial charge in [-0.3, -0.25) is 20.4 Å². The van der Waals surface area contributed by atoms with E-state index in [0.717, 1.165) is 12.1 Å². The largest absolute Gasteiger partial charge is 0.459 e. The van der Waals surface area contributed by atoms with Crippen molar-refractivity contribution in [2.45, 2.75) is 0 Å². The Hall–Kier alpha value is -2.63. The van der Waals surface area contributed by atoms with Crippen molar-refractivity contribution in [3.63, 3.8) is 0 Å². The van der Waals surface area contributed by atoms with Crippen LogP contribution in [0.5, 0.6) is 0 Å². The topological polar surface area (TPSA) is 71.3 Å². The summed E-state index contributed by atoms with van der Waals surface area (Å²) in [5.74, 6) is -1.48. The Bertz CT molecular complexity index is 549. The summed E-state index contributed by atoms with van der Waals surface area (Å²) in [5, 5.41) is 0. The summed E-state index contributed by atoms with van der Waals surface area (Å²) in [4.78, 5) is 23.0. The third-order valence-electron chi connectivity index (χ3n) is 2.14. The van der Waals surface area contributed by atoms with Gasteiger partial charge in [-0.2, -0.15) is 0 Å². The van der Waals surface area contributed by atoms with E-state index >= 15 is 0 Å². The monoisotopic (exact) mass is 248 g/mol. The minimum absolute atomic E-state index is 0.0782. The summed E-state index contributed by atoms with van der Waals surface area (Å²) >= 11 is 0. The summed E-state index contributed by atoms with van der Waals surface area (Å²) in [6.07, 6.45) is 1.34. The fourth-order valence-electron chi connectivity index (χ4n) is 1.26. The normalized spacial score (nSPS) is 9.83. The summed E-state index contributed by atoms with van der Waals surface area (Å²) < 4.78 is 17.5. The van der Waals surface area contributed by atoms with Crippen molar-refractivity contribution in [1.29, 1.82) is 0 Å². The van der Waals surface area contributed by atoms with Crippen molar-refractivity contribution in [3.05, 3.63) is 59.8 Å². The first-order chi connectivity index (χ1) is 8.66. The van der Waals surface area contributed by atoms with Crippen LogP contribution in [0.15, 0.2) is 47.1 Å². The molecule has 1 heterocycles. The van der Waals surface area contributed by atoms with Crippen LogP contribution in [0, 0.1) is 5.82 Å². The molecule has 0 aliphatic heterocycles. The number of benzene rings is 1. The Morgan fingerprint density at radius 3 is 2.28 bits per heavy atom. The van der Waals surface area contributed by atoms with Gasteiger partial charge in [-0.05, 0) is 36.4 Å². The maximum Gasteiger partial charge on any atom is 0.305 e. The molecule has 0 unspecified atom stereocenters. The summed E-state index contributed by atoms with van der Waals surface area (Å²) in [5.41, 5.74) is 4.59. The molecule has 2 aromatic rings. The maximum atomic E-state index is 12.6. The Kier molecular flexibility index (Phi) is 3.38. The number of amides is 2. The van der Waals surface area contributed by atoms with Crippen LogP contribution in [0.1, 0.15) is 20.9 Å². The second-order valence-corrected chi connectivity index (χ2v) is 3.39. The van der Waals surface area contributed by atoms with Crippen LogP contribution in [-0.4, -0.2) is 11.8 Å². The highest BCUT2D eigenvalue weighted by Crippen LogP contribution is 2.02. The van der Waals surface area contributed by atoms with E-state index in [1.165, 1.54) is 24.5 Å². The molecule has 6 heteroatoms. The molecule has 0 spiro atoms. The van der Waals surface area contributed by atoms with E-state index in [0.29, 0.717) is 0 Å². The standard InChI is InChI=1S/C12H9FN2O3/c13-9-5-3-8(4-6-9)11(16)14-15-12(17)10-2-1-7-18-10/h1-7H,(H,14,16)(H,15,17). The number of hydrazine groups is 1. The molecule has 5 nitrogen and oxygen atoms in total. The fraction of sp³-hybridized carbons (Fsp3) is 0. The summed E-state index contributed by atoms with van der Waals surface area (Å²) in [6.45, 7) is 0. The zero-order chi connectivity index (χ0) is 13.0. The Morgan fingerprint density at radius 2 is 1.67 bits per heavy atom. The first-order valence-corrected chi connectivity index (χ1v) is 5.06. The number of furan rings is 1. The Morgan fingerprint density at radius 1 is 1.00 bits per heavy atom. The Balaban J connectivity index is 1.92. The van der Waals surface area contributed by atoms with Crippen molar-refractivity contribution >= 4 is 11.8 Å². The quantitative estimate of drug-likeness (QED) is 0.791. The molecule has 0 aliphatic rings. The van der Waals surface area contributed by atoms with Gasteiger partial charge in [0, 0.05) is 5.56 Å². The van der Waals surface area contributed by atoms with Crippen molar-refractivity contribution in [1.82, 2.24) is 10.9 Å². The van der Waals surface area contributed by atoms with Crippen LogP contribution in [-0.2, 0) is 0 Å². The summed E-state index contributed by atoms with van der Waals surface area (Å²) in [6, 6.07) is 7.94. The first-order valence-electron chi connectivity index (χ1n) is 5.06. The molecule has 2 amide bonds. The molecule has 1 aromatic carbocycles. The lowest BCUT2D eigenvalue weighted by Gasteiger charge is -2.05. The van der Waals surface area contributed by atoms with Crippen molar-refractivity contribution in [2.75, 3.05) is 0 Å². The van der Waals surface area contributed by atoms with E-state index in [9.17, 15) is 14.0 Å². The third kappa shape index (κ3) is 2.73. The second-order valence-electron chi connectivity index (χ2n) is 3.39. The lowest BCUT2D eigenvalue weighted by atomic mass is 10.2. The highest BCUT2D eigenvalue weighted by atomic mass is 19.1. The van der Waals surface area contributed by atoms with Gasteiger partial charge in [0.2, 0.25) is 0 Å². The van der Waals surface area contributed by atoms with E-state index in [2.05, 4.69) is 10.9 Å². The summed E-state index contributed by atoms with van der Waals surface area (Å²) in [7, 11) is 0. The van der Waals surface area contributed by atoms with Gasteiger partial charge in [0.25, 0.3) is 5.91 Å². The molecule has 2 N–H and O–H groups in total. The van der Waals surface area contributed by atoms with Crippen LogP contribution >= 0.6 is 0 Å². The third-order valence-corrected chi connectivity index (χ3v) is 2.14. The maximum absolute atomic E-state index is 12.6. The van der Waals surface area contributed by atoms with Crippen molar-refractivity contribution in [2.24, 2.45) is 0 Å². The van der Waals surface area contributed by atoms with E-state index in [1.54, 1.807) is 6.07 Å². The van der Waals surface area contributed by atoms with Gasteiger partial charge >= 0.3 is 5.91 Å². The minimum Gasteiger partial charge on any atom is -0.459 e. The molecular formula is C12H9FN2O3. The fourth-order valence-corrected chi connectivity index (χ4v) is 1.26. The molecule has 1 aromatic heterocycles. The lowest BCUT2D eigenvalue weighted by molar-refractivity contribution is 0.0831. The van der Waals surface area contributed by atoms with Crippen LogP contribution in [0.3, 0.4) is 0 Å². The highest BCUT2D eigenvalue weighted by molar-refractivity contribution is 5.97.